The molecular weight excluding hydrogens is 168 g/mol. The van der Waals surface area contributed by atoms with E-state index >= 15 is 0 Å². The maximum Gasteiger partial charge on any atom is 0.110 e. The molecule has 0 unspecified atom stereocenters. The van der Waals surface area contributed by atoms with Gasteiger partial charge in [0.05, 0.1) is 25.7 Å². The molecule has 0 heterocycles. The van der Waals surface area contributed by atoms with Crippen molar-refractivity contribution in [2.75, 3.05) is 19.8 Å². The van der Waals surface area contributed by atoms with Crippen LogP contribution in [0.1, 0.15) is 13.8 Å². The molecule has 0 radical (unpaired) electrons. The molecule has 0 aliphatic rings. The van der Waals surface area contributed by atoms with Crippen LogP contribution in [0, 0.1) is 5.92 Å². The minimum Gasteiger partial charge on any atom is -0.502 e. The lowest BCUT2D eigenvalue weighted by Gasteiger charge is -2.00. The first-order valence-corrected chi connectivity index (χ1v) is 4.24. The van der Waals surface area contributed by atoms with Gasteiger partial charge in [0.25, 0.3) is 0 Å². The van der Waals surface area contributed by atoms with Gasteiger partial charge in [0.1, 0.15) is 6.61 Å². The highest BCUT2D eigenvalue weighted by molar-refractivity contribution is 4.50. The molecule has 13 heavy (non-hydrogen) atoms. The molecule has 0 amide bonds. The summed E-state index contributed by atoms with van der Waals surface area (Å²) in [7, 11) is 0. The van der Waals surface area contributed by atoms with E-state index in [0.717, 1.165) is 6.61 Å². The molecule has 78 valence electrons. The monoisotopic (exact) mass is 188 g/mol. The van der Waals surface area contributed by atoms with Crippen molar-refractivity contribution >= 4 is 0 Å². The highest BCUT2D eigenvalue weighted by atomic mass is 16.5. The van der Waals surface area contributed by atoms with Gasteiger partial charge in [-0.15, -0.1) is 0 Å². The van der Waals surface area contributed by atoms with Gasteiger partial charge in [0.2, 0.25) is 0 Å². The average molecular weight is 188 g/mol. The summed E-state index contributed by atoms with van der Waals surface area (Å²) in [5.41, 5.74) is 0. The van der Waals surface area contributed by atoms with E-state index in [-0.39, 0.29) is 6.61 Å². The highest BCUT2D eigenvalue weighted by Crippen LogP contribution is 1.90. The number of aliphatic hydroxyl groups is 1. The van der Waals surface area contributed by atoms with Crippen molar-refractivity contribution in [1.82, 2.24) is 0 Å². The highest BCUT2D eigenvalue weighted by Gasteiger charge is 1.87. The van der Waals surface area contributed by atoms with Gasteiger partial charge in [0, 0.05) is 0 Å². The predicted octanol–water partition coefficient (Wildman–Crippen LogP) is 1.94. The first-order valence-electron chi connectivity index (χ1n) is 4.24. The van der Waals surface area contributed by atoms with Crippen LogP contribution in [0.5, 0.6) is 0 Å². The molecule has 0 aromatic rings. The summed E-state index contributed by atoms with van der Waals surface area (Å²) in [5, 5.41) is 8.02. The fourth-order valence-corrected chi connectivity index (χ4v) is 0.397. The van der Waals surface area contributed by atoms with Crippen LogP contribution in [0.4, 0.5) is 0 Å². The molecule has 0 rings (SSSR count). The van der Waals surface area contributed by atoms with E-state index in [1.165, 1.54) is 12.5 Å². The summed E-state index contributed by atoms with van der Waals surface area (Å²) >= 11 is 0. The van der Waals surface area contributed by atoms with Crippen LogP contribution in [0.2, 0.25) is 0 Å². The number of hydrogen-bond acceptors (Lipinski definition) is 3. The molecule has 0 saturated carbocycles. The fourth-order valence-electron chi connectivity index (χ4n) is 0.397. The molecular formula is C10H20O3. The van der Waals surface area contributed by atoms with Crippen LogP contribution in [-0.4, -0.2) is 24.9 Å². The summed E-state index contributed by atoms with van der Waals surface area (Å²) in [4.78, 5) is 0. The van der Waals surface area contributed by atoms with Crippen LogP contribution in [0.25, 0.3) is 0 Å². The second kappa shape index (κ2) is 13.6. The molecule has 3 nitrogen and oxygen atoms in total. The molecule has 0 aliphatic heterocycles. The third-order valence-corrected chi connectivity index (χ3v) is 0.874. The zero-order valence-corrected chi connectivity index (χ0v) is 8.53. The topological polar surface area (TPSA) is 38.7 Å². The first-order chi connectivity index (χ1) is 6.18. The quantitative estimate of drug-likeness (QED) is 0.511. The summed E-state index contributed by atoms with van der Waals surface area (Å²) in [6.07, 6.45) is 2.77. The lowest BCUT2D eigenvalue weighted by atomic mass is 10.2. The number of rotatable bonds is 6. The Labute approximate surface area is 80.7 Å². The van der Waals surface area contributed by atoms with Gasteiger partial charge in [-0.3, -0.25) is 0 Å². The van der Waals surface area contributed by atoms with E-state index in [1.54, 1.807) is 0 Å². The molecule has 0 bridgehead atoms. The maximum absolute atomic E-state index is 8.02. The average Bonchev–Trinajstić information content (AvgIpc) is 2.12. The lowest BCUT2D eigenvalue weighted by molar-refractivity contribution is 0.166. The van der Waals surface area contributed by atoms with Gasteiger partial charge in [-0.2, -0.15) is 0 Å². The van der Waals surface area contributed by atoms with Crippen molar-refractivity contribution in [3.05, 3.63) is 25.7 Å². The summed E-state index contributed by atoms with van der Waals surface area (Å²) < 4.78 is 9.36. The molecule has 0 spiro atoms. The van der Waals surface area contributed by atoms with Gasteiger partial charge in [0.15, 0.2) is 0 Å². The molecule has 0 saturated heterocycles. The Morgan fingerprint density at radius 3 is 1.92 bits per heavy atom. The Kier molecular flexibility index (Phi) is 15.2. The van der Waals surface area contributed by atoms with Crippen molar-refractivity contribution in [3.63, 3.8) is 0 Å². The van der Waals surface area contributed by atoms with Crippen LogP contribution in [-0.2, 0) is 9.47 Å². The Morgan fingerprint density at radius 2 is 1.77 bits per heavy atom. The third kappa shape index (κ3) is 24.7. The molecule has 0 atom stereocenters. The third-order valence-electron chi connectivity index (χ3n) is 0.874. The second-order valence-electron chi connectivity index (χ2n) is 2.65. The number of aliphatic hydroxyl groups excluding tert-OH is 1. The zero-order valence-electron chi connectivity index (χ0n) is 8.53. The van der Waals surface area contributed by atoms with Crippen LogP contribution < -0.4 is 0 Å². The van der Waals surface area contributed by atoms with Gasteiger partial charge >= 0.3 is 0 Å². The first kappa shape index (κ1) is 14.6. The van der Waals surface area contributed by atoms with E-state index in [1.807, 2.05) is 0 Å². The fraction of sp³-hybridized carbons (Fsp3) is 0.600. The van der Waals surface area contributed by atoms with E-state index in [9.17, 15) is 0 Å². The molecule has 3 heteroatoms. The van der Waals surface area contributed by atoms with Crippen molar-refractivity contribution in [3.8, 4) is 0 Å². The van der Waals surface area contributed by atoms with E-state index in [0.29, 0.717) is 12.5 Å². The van der Waals surface area contributed by atoms with Crippen LogP contribution in [0.15, 0.2) is 25.7 Å². The lowest BCUT2D eigenvalue weighted by Crippen LogP contribution is -1.95. The smallest absolute Gasteiger partial charge is 0.110 e. The second-order valence-corrected chi connectivity index (χ2v) is 2.65. The molecule has 0 aromatic carbocycles. The van der Waals surface area contributed by atoms with Crippen LogP contribution in [0.3, 0.4) is 0 Å². The zero-order chi connectivity index (χ0) is 10.5. The standard InChI is InChI=1S/C6H12O.C4H8O2/c1-4-7-5-6(2)3;1-2-6-4-3-5/h4,6H,1,5H2,2-3H3;2,5H,1,3-4H2. The Balaban J connectivity index is 0. The van der Waals surface area contributed by atoms with Crippen molar-refractivity contribution in [2.45, 2.75) is 13.8 Å². The normalized spacial score (nSPS) is 8.31. The Morgan fingerprint density at radius 1 is 1.23 bits per heavy atom. The van der Waals surface area contributed by atoms with Gasteiger partial charge < -0.3 is 14.6 Å². The maximum atomic E-state index is 8.02. The number of ether oxygens (including phenoxy) is 2. The van der Waals surface area contributed by atoms with E-state index in [2.05, 4.69) is 31.7 Å². The van der Waals surface area contributed by atoms with Crippen LogP contribution >= 0.6 is 0 Å². The van der Waals surface area contributed by atoms with Crippen molar-refractivity contribution in [2.24, 2.45) is 5.92 Å². The van der Waals surface area contributed by atoms with E-state index < -0.39 is 0 Å². The minimum atomic E-state index is 0.0615. The molecule has 0 fully saturated rings. The minimum absolute atomic E-state index is 0.0615. The summed E-state index contributed by atoms with van der Waals surface area (Å²) in [6.45, 7) is 12.1. The van der Waals surface area contributed by atoms with Gasteiger partial charge in [-0.25, -0.2) is 0 Å². The largest absolute Gasteiger partial charge is 0.502 e. The number of hydrogen-bond donors (Lipinski definition) is 1. The van der Waals surface area contributed by atoms with Crippen molar-refractivity contribution < 1.29 is 14.6 Å². The SMILES string of the molecule is C=COCC(C)C.C=COCCO. The Bertz CT molecular complexity index is 111. The van der Waals surface area contributed by atoms with E-state index in [4.69, 9.17) is 9.84 Å². The summed E-state index contributed by atoms with van der Waals surface area (Å²) in [5.74, 6) is 0.609. The van der Waals surface area contributed by atoms with Crippen molar-refractivity contribution in [1.29, 1.82) is 0 Å². The predicted molar refractivity (Wildman–Crippen MR) is 54.2 cm³/mol. The molecule has 1 N–H and O–H groups in total. The Hall–Kier alpha value is -0.960. The van der Waals surface area contributed by atoms with Gasteiger partial charge in [-0.1, -0.05) is 27.0 Å². The summed E-state index contributed by atoms with van der Waals surface area (Å²) in [6, 6.07) is 0. The van der Waals surface area contributed by atoms with Gasteiger partial charge in [-0.05, 0) is 5.92 Å². The molecule has 0 aliphatic carbocycles. The molecule has 0 aromatic heterocycles.